The van der Waals surface area contributed by atoms with Crippen LogP contribution in [0.4, 0.5) is 4.79 Å². The maximum absolute atomic E-state index is 14.8. The molecule has 1 aliphatic heterocycles. The van der Waals surface area contributed by atoms with E-state index in [9.17, 15) is 14.7 Å². The third kappa shape index (κ3) is 6.17. The van der Waals surface area contributed by atoms with Gasteiger partial charge in [-0.15, -0.1) is 0 Å². The summed E-state index contributed by atoms with van der Waals surface area (Å²) >= 11 is 0. The van der Waals surface area contributed by atoms with Gasteiger partial charge in [0.15, 0.2) is 5.78 Å². The van der Waals surface area contributed by atoms with Gasteiger partial charge in [0.1, 0.15) is 5.60 Å². The molecule has 2 fully saturated rings. The molecule has 3 aromatic rings. The largest absolute Gasteiger partial charge is 0.440 e. The van der Waals surface area contributed by atoms with Crippen LogP contribution in [0.3, 0.4) is 0 Å². The van der Waals surface area contributed by atoms with Crippen molar-refractivity contribution in [3.63, 3.8) is 0 Å². The van der Waals surface area contributed by atoms with Gasteiger partial charge >= 0.3 is 6.09 Å². The second-order valence-electron chi connectivity index (χ2n) is 13.8. The molecule has 2 bridgehead atoms. The number of carbonyl (C=O) groups is 2. The van der Waals surface area contributed by atoms with Crippen molar-refractivity contribution in [2.24, 2.45) is 5.41 Å². The fourth-order valence-electron chi connectivity index (χ4n) is 8.25. The highest BCUT2D eigenvalue weighted by Gasteiger charge is 2.63. The molecule has 0 unspecified atom stereocenters. The Morgan fingerprint density at radius 1 is 1.02 bits per heavy atom. The minimum atomic E-state index is -0.641. The van der Waals surface area contributed by atoms with E-state index in [0.29, 0.717) is 43.7 Å². The minimum Gasteiger partial charge on any atom is -0.440 e. The second-order valence-corrected chi connectivity index (χ2v) is 13.8. The van der Waals surface area contributed by atoms with E-state index in [2.05, 4.69) is 32.1 Å². The van der Waals surface area contributed by atoms with Crippen LogP contribution >= 0.6 is 0 Å². The van der Waals surface area contributed by atoms with Crippen molar-refractivity contribution >= 4 is 11.9 Å². The quantitative estimate of drug-likeness (QED) is 0.164. The average molecular weight is 622 g/mol. The fourth-order valence-corrected chi connectivity index (χ4v) is 8.25. The van der Waals surface area contributed by atoms with Crippen molar-refractivity contribution in [1.29, 1.82) is 0 Å². The Kier molecular flexibility index (Phi) is 9.49. The normalized spacial score (nSPS) is 26.5. The van der Waals surface area contributed by atoms with Gasteiger partial charge in [-0.3, -0.25) is 4.79 Å². The molecule has 6 nitrogen and oxygen atoms in total. The van der Waals surface area contributed by atoms with Crippen molar-refractivity contribution in [3.8, 4) is 11.1 Å². The lowest BCUT2D eigenvalue weighted by Gasteiger charge is -2.43. The summed E-state index contributed by atoms with van der Waals surface area (Å²) in [5.74, 6) is -0.000723. The molecular weight excluding hydrogens is 574 g/mol. The van der Waals surface area contributed by atoms with Crippen LogP contribution in [-0.4, -0.2) is 60.4 Å². The number of aliphatic hydroxyl groups is 1. The zero-order valence-corrected chi connectivity index (χ0v) is 27.5. The lowest BCUT2D eigenvalue weighted by atomic mass is 9.64. The van der Waals surface area contributed by atoms with Crippen LogP contribution < -0.4 is 0 Å². The third-order valence-electron chi connectivity index (χ3n) is 10.9. The van der Waals surface area contributed by atoms with E-state index >= 15 is 0 Å². The number of allylic oxidation sites excluding steroid dienone is 2. The molecule has 3 aliphatic carbocycles. The number of hydrogen-bond donors (Lipinski definition) is 1. The first-order valence-electron chi connectivity index (χ1n) is 16.9. The van der Waals surface area contributed by atoms with Gasteiger partial charge in [0.2, 0.25) is 0 Å². The van der Waals surface area contributed by atoms with E-state index in [0.717, 1.165) is 60.8 Å². The Morgan fingerprint density at radius 3 is 2.61 bits per heavy atom. The van der Waals surface area contributed by atoms with Crippen LogP contribution in [-0.2, 0) is 15.9 Å². The number of amides is 1. The summed E-state index contributed by atoms with van der Waals surface area (Å²) in [7, 11) is 1.68. The minimum absolute atomic E-state index is 0.0117. The first kappa shape index (κ1) is 32.2. The molecule has 1 saturated carbocycles. The number of methoxy groups -OCH3 is 1. The Balaban J connectivity index is 1.46. The molecule has 1 amide bonds. The van der Waals surface area contributed by atoms with E-state index in [1.165, 1.54) is 5.57 Å². The molecule has 1 saturated heterocycles. The van der Waals surface area contributed by atoms with Gasteiger partial charge in [0, 0.05) is 36.8 Å². The van der Waals surface area contributed by atoms with Gasteiger partial charge in [-0.2, -0.15) is 0 Å². The first-order chi connectivity index (χ1) is 22.2. The van der Waals surface area contributed by atoms with Crippen LogP contribution in [0.5, 0.6) is 0 Å². The smallest absolute Gasteiger partial charge is 0.410 e. The van der Waals surface area contributed by atoms with Crippen molar-refractivity contribution in [1.82, 2.24) is 4.90 Å². The molecule has 6 heteroatoms. The van der Waals surface area contributed by atoms with Gasteiger partial charge in [-0.25, -0.2) is 4.79 Å². The van der Waals surface area contributed by atoms with Crippen molar-refractivity contribution in [3.05, 3.63) is 107 Å². The van der Waals surface area contributed by atoms with E-state index in [1.54, 1.807) is 7.11 Å². The summed E-state index contributed by atoms with van der Waals surface area (Å²) in [6.45, 7) is 6.18. The van der Waals surface area contributed by atoms with E-state index in [4.69, 9.17) is 9.47 Å². The lowest BCUT2D eigenvalue weighted by molar-refractivity contribution is -0.0373. The van der Waals surface area contributed by atoms with Crippen LogP contribution in [0.1, 0.15) is 91.8 Å². The van der Waals surface area contributed by atoms with Crippen molar-refractivity contribution < 1.29 is 24.2 Å². The number of aliphatic hydroxyl groups excluding tert-OH is 1. The van der Waals surface area contributed by atoms with E-state index in [-0.39, 0.29) is 17.8 Å². The highest BCUT2D eigenvalue weighted by molar-refractivity contribution is 6.13. The monoisotopic (exact) mass is 621 g/mol. The van der Waals surface area contributed by atoms with Crippen molar-refractivity contribution in [2.45, 2.75) is 82.8 Å². The summed E-state index contributed by atoms with van der Waals surface area (Å²) < 4.78 is 11.7. The Morgan fingerprint density at radius 2 is 1.80 bits per heavy atom. The number of fused-ring (bicyclic) bond motifs is 8. The summed E-state index contributed by atoms with van der Waals surface area (Å²) in [6.07, 6.45) is 7.54. The van der Waals surface area contributed by atoms with E-state index < -0.39 is 17.1 Å². The molecule has 4 atom stereocenters. The SMILES string of the molecule is COCCCN1C[C@@]2(CC[C@H]3c4ccc(cc4C(=O)c4ccccc4-c4ccccc4)C[C@@H](O)CCC(C)=CCC[C@@]32C)OC1=O. The van der Waals surface area contributed by atoms with Crippen LogP contribution in [0.2, 0.25) is 0 Å². The van der Waals surface area contributed by atoms with Gasteiger partial charge < -0.3 is 19.5 Å². The molecule has 1 spiro atoms. The second kappa shape index (κ2) is 13.5. The molecule has 242 valence electrons. The van der Waals surface area contributed by atoms with E-state index in [1.807, 2.05) is 65.6 Å². The third-order valence-corrected chi connectivity index (χ3v) is 10.9. The summed E-state index contributed by atoms with van der Waals surface area (Å²) in [4.78, 5) is 30.0. The first-order valence-corrected chi connectivity index (χ1v) is 16.9. The summed E-state index contributed by atoms with van der Waals surface area (Å²) in [5, 5.41) is 11.0. The summed E-state index contributed by atoms with van der Waals surface area (Å²) in [6, 6.07) is 24.1. The molecule has 4 aliphatic rings. The highest BCUT2D eigenvalue weighted by Crippen LogP contribution is 2.61. The standard InChI is InChI=1S/C40H47NO5/c1-28-11-9-21-39(2)36(20-22-40(39)27-41(38(44)46-40)23-10-24-45-3)33-19-17-29(25-31(42)18-16-28)26-35(33)37(43)34-15-8-7-14-32(34)30-12-5-4-6-13-30/h4-8,11-15,17,19,26,31,36,42H,9-10,16,18,20-25,27H2,1-3H3/t31-,36-,39-,40+/m0/s1. The Bertz CT molecular complexity index is 1600. The van der Waals surface area contributed by atoms with Crippen molar-refractivity contribution in [2.75, 3.05) is 26.8 Å². The fraction of sp³-hybridized carbons (Fsp3) is 0.450. The number of nitrogens with zero attached hydrogens (tertiary/aromatic N) is 1. The summed E-state index contributed by atoms with van der Waals surface area (Å²) in [5.41, 5.74) is 5.46. The van der Waals surface area contributed by atoms with Gasteiger partial charge in [-0.05, 0) is 92.5 Å². The molecule has 7 rings (SSSR count). The molecular formula is C40H47NO5. The number of rotatable bonds is 7. The van der Waals surface area contributed by atoms with Gasteiger partial charge in [-0.1, -0.05) is 85.3 Å². The zero-order chi connectivity index (χ0) is 32.3. The predicted molar refractivity (Wildman–Crippen MR) is 181 cm³/mol. The number of benzene rings is 3. The van der Waals surface area contributed by atoms with Crippen LogP contribution in [0, 0.1) is 5.41 Å². The number of ketones is 1. The molecule has 0 radical (unpaired) electrons. The maximum atomic E-state index is 14.8. The Labute approximate surface area is 273 Å². The maximum Gasteiger partial charge on any atom is 0.410 e. The van der Waals surface area contributed by atoms with Crippen LogP contribution in [0.25, 0.3) is 11.1 Å². The highest BCUT2D eigenvalue weighted by atomic mass is 16.6. The topological polar surface area (TPSA) is 76.1 Å². The Hall–Kier alpha value is -3.74. The molecule has 3 aromatic carbocycles. The molecule has 1 N–H and O–H groups in total. The van der Waals surface area contributed by atoms with Crippen LogP contribution in [0.15, 0.2) is 84.4 Å². The molecule has 0 aromatic heterocycles. The molecule has 46 heavy (non-hydrogen) atoms. The number of hydrogen-bond acceptors (Lipinski definition) is 5. The predicted octanol–water partition coefficient (Wildman–Crippen LogP) is 8.12. The van der Waals surface area contributed by atoms with Gasteiger partial charge in [0.25, 0.3) is 0 Å². The van der Waals surface area contributed by atoms with Gasteiger partial charge in [0.05, 0.1) is 12.6 Å². The number of carbonyl (C=O) groups excluding carboxylic acids is 2. The average Bonchev–Trinajstić information content (AvgIpc) is 3.54. The lowest BCUT2D eigenvalue weighted by Crippen LogP contribution is -2.48. The number of ether oxygens (including phenoxy) is 2. The zero-order valence-electron chi connectivity index (χ0n) is 27.5. The molecule has 1 heterocycles.